The lowest BCUT2D eigenvalue weighted by Gasteiger charge is -2.19. The SMILES string of the molecule is CCN(CC(=O)O)c1ccn2nccc2n1. The van der Waals surface area contributed by atoms with Gasteiger partial charge in [0.05, 0.1) is 6.20 Å². The first-order chi connectivity index (χ1) is 7.70. The Morgan fingerprint density at radius 3 is 3.06 bits per heavy atom. The third-order valence-corrected chi connectivity index (χ3v) is 2.28. The largest absolute Gasteiger partial charge is 0.480 e. The highest BCUT2D eigenvalue weighted by Crippen LogP contribution is 2.11. The van der Waals surface area contributed by atoms with E-state index in [-0.39, 0.29) is 6.54 Å². The average molecular weight is 220 g/mol. The average Bonchev–Trinajstić information content (AvgIpc) is 2.72. The predicted molar refractivity (Wildman–Crippen MR) is 58.5 cm³/mol. The highest BCUT2D eigenvalue weighted by Gasteiger charge is 2.10. The summed E-state index contributed by atoms with van der Waals surface area (Å²) in [5.41, 5.74) is 0.710. The van der Waals surface area contributed by atoms with Gasteiger partial charge in [-0.3, -0.25) is 4.79 Å². The second-order valence-corrected chi connectivity index (χ2v) is 3.33. The zero-order valence-electron chi connectivity index (χ0n) is 8.87. The molecule has 0 aliphatic carbocycles. The van der Waals surface area contributed by atoms with E-state index in [0.29, 0.717) is 18.0 Å². The van der Waals surface area contributed by atoms with Crippen molar-refractivity contribution in [2.45, 2.75) is 6.92 Å². The quantitative estimate of drug-likeness (QED) is 0.818. The molecule has 2 rings (SSSR count). The van der Waals surface area contributed by atoms with Crippen molar-refractivity contribution in [3.8, 4) is 0 Å². The fourth-order valence-electron chi connectivity index (χ4n) is 1.50. The van der Waals surface area contributed by atoms with Crippen molar-refractivity contribution in [2.75, 3.05) is 18.0 Å². The Labute approximate surface area is 92.1 Å². The number of hydrogen-bond acceptors (Lipinski definition) is 4. The molecule has 0 amide bonds. The van der Waals surface area contributed by atoms with Gasteiger partial charge in [-0.25, -0.2) is 9.50 Å². The van der Waals surface area contributed by atoms with Gasteiger partial charge in [-0.05, 0) is 13.0 Å². The molecule has 0 saturated heterocycles. The van der Waals surface area contributed by atoms with Crippen LogP contribution >= 0.6 is 0 Å². The van der Waals surface area contributed by atoms with E-state index in [1.165, 1.54) is 0 Å². The van der Waals surface area contributed by atoms with Crippen molar-refractivity contribution in [2.24, 2.45) is 0 Å². The van der Waals surface area contributed by atoms with Crippen LogP contribution in [0.3, 0.4) is 0 Å². The van der Waals surface area contributed by atoms with Crippen molar-refractivity contribution >= 4 is 17.4 Å². The summed E-state index contributed by atoms with van der Waals surface area (Å²) in [7, 11) is 0. The van der Waals surface area contributed by atoms with Gasteiger partial charge in [-0.15, -0.1) is 0 Å². The summed E-state index contributed by atoms with van der Waals surface area (Å²) in [6.45, 7) is 2.45. The Morgan fingerprint density at radius 2 is 2.38 bits per heavy atom. The van der Waals surface area contributed by atoms with Crippen LogP contribution in [0.15, 0.2) is 24.5 Å². The van der Waals surface area contributed by atoms with Crippen LogP contribution in [0.5, 0.6) is 0 Å². The molecule has 0 aliphatic rings. The smallest absolute Gasteiger partial charge is 0.323 e. The maximum Gasteiger partial charge on any atom is 0.323 e. The Hall–Kier alpha value is -2.11. The van der Waals surface area contributed by atoms with Gasteiger partial charge in [-0.2, -0.15) is 5.10 Å². The maximum absolute atomic E-state index is 10.7. The van der Waals surface area contributed by atoms with Crippen LogP contribution < -0.4 is 4.90 Å². The van der Waals surface area contributed by atoms with Gasteiger partial charge in [0.2, 0.25) is 0 Å². The third-order valence-electron chi connectivity index (χ3n) is 2.28. The summed E-state index contributed by atoms with van der Waals surface area (Å²) in [5, 5.41) is 12.8. The number of carbonyl (C=O) groups is 1. The highest BCUT2D eigenvalue weighted by atomic mass is 16.4. The second-order valence-electron chi connectivity index (χ2n) is 3.33. The van der Waals surface area contributed by atoms with Crippen LogP contribution in [-0.4, -0.2) is 38.8 Å². The fraction of sp³-hybridized carbons (Fsp3) is 0.300. The van der Waals surface area contributed by atoms with Crippen LogP contribution in [0, 0.1) is 0 Å². The molecule has 0 atom stereocenters. The molecule has 2 aromatic heterocycles. The van der Waals surface area contributed by atoms with Crippen LogP contribution in [0.25, 0.3) is 5.65 Å². The third kappa shape index (κ3) is 1.95. The molecule has 2 heterocycles. The minimum Gasteiger partial charge on any atom is -0.480 e. The molecule has 0 aromatic carbocycles. The molecule has 0 saturated carbocycles. The minimum absolute atomic E-state index is 0.0478. The van der Waals surface area contributed by atoms with Crippen LogP contribution in [0.1, 0.15) is 6.92 Å². The van der Waals surface area contributed by atoms with E-state index in [4.69, 9.17) is 5.11 Å². The van der Waals surface area contributed by atoms with Crippen LogP contribution in [-0.2, 0) is 4.79 Å². The molecule has 6 heteroatoms. The number of nitrogens with zero attached hydrogens (tertiary/aromatic N) is 4. The zero-order valence-corrected chi connectivity index (χ0v) is 8.87. The van der Waals surface area contributed by atoms with Crippen LogP contribution in [0.4, 0.5) is 5.82 Å². The number of carboxylic acids is 1. The molecule has 2 aromatic rings. The summed E-state index contributed by atoms with van der Waals surface area (Å²) in [5.74, 6) is -0.213. The molecule has 0 radical (unpaired) electrons. The molecule has 1 N–H and O–H groups in total. The summed E-state index contributed by atoms with van der Waals surface area (Å²) in [4.78, 5) is 16.7. The van der Waals surface area contributed by atoms with Crippen molar-refractivity contribution in [3.05, 3.63) is 24.5 Å². The molecule has 84 valence electrons. The Morgan fingerprint density at radius 1 is 1.56 bits per heavy atom. The summed E-state index contributed by atoms with van der Waals surface area (Å²) < 4.78 is 1.64. The molecule has 0 spiro atoms. The minimum atomic E-state index is -0.864. The van der Waals surface area contributed by atoms with Gasteiger partial charge in [0, 0.05) is 18.8 Å². The number of anilines is 1. The standard InChI is InChI=1S/C10H12N4O2/c1-2-13(7-10(15)16)8-4-6-14-9(12-8)3-5-11-14/h3-6H,2,7H2,1H3,(H,15,16). The van der Waals surface area contributed by atoms with Crippen molar-refractivity contribution in [1.82, 2.24) is 14.6 Å². The van der Waals surface area contributed by atoms with Gasteiger partial charge in [0.15, 0.2) is 5.65 Å². The van der Waals surface area contributed by atoms with Gasteiger partial charge < -0.3 is 10.0 Å². The molecule has 0 bridgehead atoms. The first-order valence-corrected chi connectivity index (χ1v) is 4.98. The number of carboxylic acid groups (broad SMARTS) is 1. The molecule has 0 aliphatic heterocycles. The lowest BCUT2D eigenvalue weighted by atomic mass is 10.4. The maximum atomic E-state index is 10.7. The Balaban J connectivity index is 2.32. The Kier molecular flexibility index (Phi) is 2.72. The van der Waals surface area contributed by atoms with Crippen molar-refractivity contribution < 1.29 is 9.90 Å². The Bertz CT molecular complexity index is 508. The normalized spacial score (nSPS) is 10.6. The van der Waals surface area contributed by atoms with Gasteiger partial charge >= 0.3 is 5.97 Å². The summed E-state index contributed by atoms with van der Waals surface area (Å²) in [6.07, 6.45) is 3.42. The molecular weight excluding hydrogens is 208 g/mol. The van der Waals surface area contributed by atoms with Gasteiger partial charge in [0.25, 0.3) is 0 Å². The van der Waals surface area contributed by atoms with Crippen molar-refractivity contribution in [3.63, 3.8) is 0 Å². The van der Waals surface area contributed by atoms with E-state index < -0.39 is 5.97 Å². The number of likely N-dealkylation sites (N-methyl/N-ethyl adjacent to an activating group) is 1. The number of fused-ring (bicyclic) bond motifs is 1. The van der Waals surface area contributed by atoms with Gasteiger partial charge in [0.1, 0.15) is 12.4 Å². The van der Waals surface area contributed by atoms with E-state index in [0.717, 1.165) is 0 Å². The number of aromatic nitrogens is 3. The lowest BCUT2D eigenvalue weighted by molar-refractivity contribution is -0.135. The van der Waals surface area contributed by atoms with Crippen LogP contribution in [0.2, 0.25) is 0 Å². The molecule has 6 nitrogen and oxygen atoms in total. The predicted octanol–water partition coefficient (Wildman–Crippen LogP) is 0.640. The molecule has 0 unspecified atom stereocenters. The number of rotatable bonds is 4. The van der Waals surface area contributed by atoms with Gasteiger partial charge in [-0.1, -0.05) is 0 Å². The topological polar surface area (TPSA) is 70.7 Å². The van der Waals surface area contributed by atoms with Crippen molar-refractivity contribution in [1.29, 1.82) is 0 Å². The highest BCUT2D eigenvalue weighted by molar-refractivity contribution is 5.73. The number of hydrogen-bond donors (Lipinski definition) is 1. The number of aliphatic carboxylic acids is 1. The zero-order chi connectivity index (χ0) is 11.5. The molecular formula is C10H12N4O2. The first-order valence-electron chi connectivity index (χ1n) is 4.98. The monoisotopic (exact) mass is 220 g/mol. The molecule has 16 heavy (non-hydrogen) atoms. The van der Waals surface area contributed by atoms with E-state index in [1.807, 2.05) is 6.92 Å². The van der Waals surface area contributed by atoms with E-state index >= 15 is 0 Å². The first kappa shape index (κ1) is 10.4. The van der Waals surface area contributed by atoms with E-state index in [1.54, 1.807) is 33.9 Å². The van der Waals surface area contributed by atoms with E-state index in [2.05, 4.69) is 10.1 Å². The van der Waals surface area contributed by atoms with E-state index in [9.17, 15) is 4.79 Å². The summed E-state index contributed by atoms with van der Waals surface area (Å²) >= 11 is 0. The molecule has 0 fully saturated rings. The fourth-order valence-corrected chi connectivity index (χ4v) is 1.50. The second kappa shape index (κ2) is 4.18. The lowest BCUT2D eigenvalue weighted by Crippen LogP contribution is -2.30. The summed E-state index contributed by atoms with van der Waals surface area (Å²) in [6, 6.07) is 3.53.